The second-order valence-electron chi connectivity index (χ2n) is 3.91. The van der Waals surface area contributed by atoms with Crippen molar-refractivity contribution in [2.24, 2.45) is 0 Å². The van der Waals surface area contributed by atoms with E-state index in [0.717, 1.165) is 30.8 Å². The van der Waals surface area contributed by atoms with Crippen molar-refractivity contribution in [1.82, 2.24) is 10.6 Å². The third-order valence-electron chi connectivity index (χ3n) is 2.64. The molecule has 1 saturated heterocycles. The molecular weight excluding hydrogens is 208 g/mol. The summed E-state index contributed by atoms with van der Waals surface area (Å²) in [6.45, 7) is 4.04. The monoisotopic (exact) mass is 224 g/mol. The highest BCUT2D eigenvalue weighted by molar-refractivity contribution is 7.13. The van der Waals surface area contributed by atoms with Gasteiger partial charge in [-0.3, -0.25) is 4.79 Å². The van der Waals surface area contributed by atoms with E-state index in [9.17, 15) is 4.79 Å². The first-order chi connectivity index (χ1) is 7.25. The maximum atomic E-state index is 11.8. The van der Waals surface area contributed by atoms with E-state index in [2.05, 4.69) is 10.6 Å². The fraction of sp³-hybridized carbons (Fsp3) is 0.545. The molecule has 3 nitrogen and oxygen atoms in total. The lowest BCUT2D eigenvalue weighted by Gasteiger charge is -2.23. The van der Waals surface area contributed by atoms with Crippen LogP contribution < -0.4 is 10.6 Å². The topological polar surface area (TPSA) is 41.1 Å². The third-order valence-corrected chi connectivity index (χ3v) is 3.64. The summed E-state index contributed by atoms with van der Waals surface area (Å²) in [6, 6.07) is 4.24. The van der Waals surface area contributed by atoms with Gasteiger partial charge < -0.3 is 10.6 Å². The number of amides is 1. The van der Waals surface area contributed by atoms with Gasteiger partial charge in [-0.1, -0.05) is 0 Å². The lowest BCUT2D eigenvalue weighted by Crippen LogP contribution is -2.42. The Morgan fingerprint density at radius 3 is 2.80 bits per heavy atom. The number of nitrogens with one attached hydrogen (secondary N) is 2. The van der Waals surface area contributed by atoms with E-state index in [0.29, 0.717) is 6.04 Å². The van der Waals surface area contributed by atoms with Gasteiger partial charge in [0.15, 0.2) is 0 Å². The summed E-state index contributed by atoms with van der Waals surface area (Å²) < 4.78 is 0. The molecule has 0 unspecified atom stereocenters. The van der Waals surface area contributed by atoms with E-state index in [1.807, 2.05) is 19.1 Å². The fourth-order valence-corrected chi connectivity index (χ4v) is 2.55. The number of carbonyl (C=O) groups excluding carboxylic acids is 1. The molecule has 1 aromatic rings. The molecule has 2 rings (SSSR count). The number of rotatable bonds is 2. The Morgan fingerprint density at radius 1 is 1.47 bits per heavy atom. The molecule has 0 atom stereocenters. The number of thiophene rings is 1. The molecule has 0 aliphatic carbocycles. The van der Waals surface area contributed by atoms with Gasteiger partial charge in [0.25, 0.3) is 5.91 Å². The summed E-state index contributed by atoms with van der Waals surface area (Å²) in [5, 5.41) is 6.36. The van der Waals surface area contributed by atoms with Crippen molar-refractivity contribution in [3.63, 3.8) is 0 Å². The number of hydrogen-bond acceptors (Lipinski definition) is 3. The molecule has 0 aromatic carbocycles. The van der Waals surface area contributed by atoms with Crippen molar-refractivity contribution in [2.45, 2.75) is 25.8 Å². The SMILES string of the molecule is Cc1ccc(C(=O)NC2CCNCC2)s1. The molecule has 1 aliphatic heterocycles. The number of carbonyl (C=O) groups is 1. The highest BCUT2D eigenvalue weighted by atomic mass is 32.1. The first kappa shape index (κ1) is 10.6. The van der Waals surface area contributed by atoms with Crippen LogP contribution in [0, 0.1) is 6.92 Å². The van der Waals surface area contributed by atoms with Gasteiger partial charge in [0, 0.05) is 10.9 Å². The Balaban J connectivity index is 1.91. The zero-order valence-corrected chi connectivity index (χ0v) is 9.69. The first-order valence-electron chi connectivity index (χ1n) is 5.34. The molecule has 0 spiro atoms. The Morgan fingerprint density at radius 2 is 2.20 bits per heavy atom. The number of aryl methyl sites for hydroxylation is 1. The maximum Gasteiger partial charge on any atom is 0.261 e. The van der Waals surface area contributed by atoms with Gasteiger partial charge >= 0.3 is 0 Å². The van der Waals surface area contributed by atoms with Crippen LogP contribution in [-0.4, -0.2) is 25.0 Å². The van der Waals surface area contributed by atoms with Gasteiger partial charge in [0.1, 0.15) is 0 Å². The molecule has 1 aliphatic rings. The van der Waals surface area contributed by atoms with E-state index in [1.54, 1.807) is 11.3 Å². The smallest absolute Gasteiger partial charge is 0.261 e. The highest BCUT2D eigenvalue weighted by Crippen LogP contribution is 2.15. The van der Waals surface area contributed by atoms with Gasteiger partial charge in [-0.25, -0.2) is 0 Å². The van der Waals surface area contributed by atoms with Crippen LogP contribution in [0.15, 0.2) is 12.1 Å². The first-order valence-corrected chi connectivity index (χ1v) is 6.15. The third kappa shape index (κ3) is 2.79. The minimum atomic E-state index is 0.0833. The highest BCUT2D eigenvalue weighted by Gasteiger charge is 2.16. The quantitative estimate of drug-likeness (QED) is 0.800. The Labute approximate surface area is 93.9 Å². The number of piperidine rings is 1. The standard InChI is InChI=1S/C11H16N2OS/c1-8-2-3-10(15-8)11(14)13-9-4-6-12-7-5-9/h2-3,9,12H,4-7H2,1H3,(H,13,14). The molecule has 82 valence electrons. The van der Waals surface area contributed by atoms with Gasteiger partial charge in [-0.2, -0.15) is 0 Å². The van der Waals surface area contributed by atoms with Crippen LogP contribution in [0.3, 0.4) is 0 Å². The predicted octanol–water partition coefficient (Wildman–Crippen LogP) is 1.54. The minimum absolute atomic E-state index is 0.0833. The number of hydrogen-bond donors (Lipinski definition) is 2. The van der Waals surface area contributed by atoms with Crippen LogP contribution in [0.1, 0.15) is 27.4 Å². The minimum Gasteiger partial charge on any atom is -0.349 e. The average Bonchev–Trinajstić information content (AvgIpc) is 2.66. The van der Waals surface area contributed by atoms with Crippen molar-refractivity contribution >= 4 is 17.2 Å². The molecule has 1 amide bonds. The van der Waals surface area contributed by atoms with E-state index in [1.165, 1.54) is 4.88 Å². The summed E-state index contributed by atoms with van der Waals surface area (Å²) in [7, 11) is 0. The summed E-state index contributed by atoms with van der Waals surface area (Å²) in [4.78, 5) is 13.8. The lowest BCUT2D eigenvalue weighted by atomic mass is 10.1. The zero-order chi connectivity index (χ0) is 10.7. The van der Waals surface area contributed by atoms with Crippen LogP contribution in [-0.2, 0) is 0 Å². The van der Waals surface area contributed by atoms with Crippen molar-refractivity contribution in [3.05, 3.63) is 21.9 Å². The van der Waals surface area contributed by atoms with Gasteiger partial charge in [-0.15, -0.1) is 11.3 Å². The van der Waals surface area contributed by atoms with Gasteiger partial charge in [0.05, 0.1) is 4.88 Å². The Kier molecular flexibility index (Phi) is 3.38. The van der Waals surface area contributed by atoms with Crippen LogP contribution >= 0.6 is 11.3 Å². The molecule has 4 heteroatoms. The molecule has 2 heterocycles. The Hall–Kier alpha value is -0.870. The Bertz CT molecular complexity index is 342. The van der Waals surface area contributed by atoms with E-state index >= 15 is 0 Å². The average molecular weight is 224 g/mol. The summed E-state index contributed by atoms with van der Waals surface area (Å²) >= 11 is 1.56. The van der Waals surface area contributed by atoms with Crippen molar-refractivity contribution < 1.29 is 4.79 Å². The van der Waals surface area contributed by atoms with Crippen molar-refractivity contribution in [3.8, 4) is 0 Å². The predicted molar refractivity (Wildman–Crippen MR) is 62.4 cm³/mol. The van der Waals surface area contributed by atoms with Crippen molar-refractivity contribution in [1.29, 1.82) is 0 Å². The van der Waals surface area contributed by atoms with E-state index < -0.39 is 0 Å². The van der Waals surface area contributed by atoms with Gasteiger partial charge in [0.2, 0.25) is 0 Å². The molecule has 0 saturated carbocycles. The van der Waals surface area contributed by atoms with Crippen LogP contribution in [0.5, 0.6) is 0 Å². The second-order valence-corrected chi connectivity index (χ2v) is 5.20. The van der Waals surface area contributed by atoms with Crippen LogP contribution in [0.2, 0.25) is 0 Å². The normalized spacial score (nSPS) is 17.7. The van der Waals surface area contributed by atoms with E-state index in [4.69, 9.17) is 0 Å². The molecule has 2 N–H and O–H groups in total. The molecule has 15 heavy (non-hydrogen) atoms. The molecule has 0 bridgehead atoms. The zero-order valence-electron chi connectivity index (χ0n) is 8.88. The fourth-order valence-electron chi connectivity index (χ4n) is 1.78. The van der Waals surface area contributed by atoms with Crippen LogP contribution in [0.25, 0.3) is 0 Å². The maximum absolute atomic E-state index is 11.8. The second kappa shape index (κ2) is 4.77. The summed E-state index contributed by atoms with van der Waals surface area (Å²) in [6.07, 6.45) is 2.08. The summed E-state index contributed by atoms with van der Waals surface area (Å²) in [5.41, 5.74) is 0. The van der Waals surface area contributed by atoms with Crippen molar-refractivity contribution in [2.75, 3.05) is 13.1 Å². The van der Waals surface area contributed by atoms with Crippen LogP contribution in [0.4, 0.5) is 0 Å². The molecule has 0 radical (unpaired) electrons. The molecule has 1 fully saturated rings. The van der Waals surface area contributed by atoms with Gasteiger partial charge in [-0.05, 0) is 45.0 Å². The largest absolute Gasteiger partial charge is 0.349 e. The molecular formula is C11H16N2OS. The van der Waals surface area contributed by atoms with E-state index in [-0.39, 0.29) is 5.91 Å². The molecule has 1 aromatic heterocycles. The lowest BCUT2D eigenvalue weighted by molar-refractivity contribution is 0.0933. The summed E-state index contributed by atoms with van der Waals surface area (Å²) in [5.74, 6) is 0.0833.